The third-order valence-corrected chi connectivity index (χ3v) is 4.13. The normalized spacial score (nSPS) is 10.8. The predicted molar refractivity (Wildman–Crippen MR) is 84.4 cm³/mol. The molecule has 0 amide bonds. The summed E-state index contributed by atoms with van der Waals surface area (Å²) >= 11 is 1.25. The Morgan fingerprint density at radius 1 is 1.27 bits per heavy atom. The van der Waals surface area contributed by atoms with E-state index in [0.717, 1.165) is 16.8 Å². The quantitative estimate of drug-likeness (QED) is 0.692. The van der Waals surface area contributed by atoms with Crippen molar-refractivity contribution < 1.29 is 0 Å². The Labute approximate surface area is 131 Å². The molecular weight excluding hydrogens is 298 g/mol. The molecular formula is C15H13N5OS. The first-order chi connectivity index (χ1) is 10.6. The largest absolute Gasteiger partial charge is 0.300 e. The minimum Gasteiger partial charge on any atom is -0.279 e. The molecule has 0 unspecified atom stereocenters. The highest BCUT2D eigenvalue weighted by Crippen LogP contribution is 2.17. The van der Waals surface area contributed by atoms with Gasteiger partial charge in [0.25, 0.3) is 0 Å². The van der Waals surface area contributed by atoms with Gasteiger partial charge in [-0.1, -0.05) is 29.5 Å². The fraction of sp³-hybridized carbons (Fsp3) is 0.200. The van der Waals surface area contributed by atoms with Gasteiger partial charge in [0.05, 0.1) is 17.5 Å². The highest BCUT2D eigenvalue weighted by molar-refractivity contribution is 7.99. The van der Waals surface area contributed by atoms with E-state index in [0.29, 0.717) is 5.16 Å². The van der Waals surface area contributed by atoms with Crippen molar-refractivity contribution in [2.45, 2.75) is 19.0 Å². The van der Waals surface area contributed by atoms with E-state index in [4.69, 9.17) is 5.26 Å². The van der Waals surface area contributed by atoms with Crippen molar-refractivity contribution in [3.05, 3.63) is 52.1 Å². The second-order valence-corrected chi connectivity index (χ2v) is 5.83. The fourth-order valence-electron chi connectivity index (χ4n) is 2.33. The third kappa shape index (κ3) is 2.38. The Balaban J connectivity index is 2.15. The Morgan fingerprint density at radius 2 is 2.09 bits per heavy atom. The van der Waals surface area contributed by atoms with Gasteiger partial charge in [-0.2, -0.15) is 5.26 Å². The van der Waals surface area contributed by atoms with Gasteiger partial charge in [-0.05, 0) is 25.5 Å². The highest BCUT2D eigenvalue weighted by Gasteiger charge is 2.12. The van der Waals surface area contributed by atoms with Gasteiger partial charge < -0.3 is 0 Å². The number of benzene rings is 1. The van der Waals surface area contributed by atoms with Gasteiger partial charge in [0, 0.05) is 12.4 Å². The molecule has 3 aromatic rings. The maximum absolute atomic E-state index is 12.6. The molecule has 6 nitrogen and oxygen atoms in total. The SMILES string of the molecule is Cc1ccc(-n2ccn3c(SCC#N)nnc3c2=O)c(C)c1. The minimum absolute atomic E-state index is 0.231. The minimum atomic E-state index is -0.231. The summed E-state index contributed by atoms with van der Waals surface area (Å²) in [7, 11) is 0. The smallest absolute Gasteiger partial charge is 0.279 e. The van der Waals surface area contributed by atoms with E-state index < -0.39 is 0 Å². The molecule has 0 spiro atoms. The lowest BCUT2D eigenvalue weighted by Gasteiger charge is -2.10. The van der Waals surface area contributed by atoms with Crippen LogP contribution in [-0.4, -0.2) is 24.9 Å². The number of hydrogen-bond donors (Lipinski definition) is 0. The van der Waals surface area contributed by atoms with Crippen LogP contribution >= 0.6 is 11.8 Å². The molecule has 0 atom stereocenters. The standard InChI is InChI=1S/C15H13N5OS/c1-10-3-4-12(11(2)9-10)19-6-7-20-13(14(19)21)17-18-15(20)22-8-5-16/h3-4,6-7,9H,8H2,1-2H3. The predicted octanol–water partition coefficient (Wildman–Crippen LogP) is 2.11. The number of hydrogen-bond acceptors (Lipinski definition) is 5. The van der Waals surface area contributed by atoms with Crippen LogP contribution in [0.2, 0.25) is 0 Å². The molecule has 7 heteroatoms. The Kier molecular flexibility index (Phi) is 3.69. The van der Waals surface area contributed by atoms with Crippen LogP contribution in [0.25, 0.3) is 11.3 Å². The fourth-order valence-corrected chi connectivity index (χ4v) is 2.91. The second kappa shape index (κ2) is 5.66. The number of rotatable bonds is 3. The Hall–Kier alpha value is -2.59. The summed E-state index contributed by atoms with van der Waals surface area (Å²) in [6.07, 6.45) is 3.45. The van der Waals surface area contributed by atoms with Crippen LogP contribution in [0, 0.1) is 25.2 Å². The lowest BCUT2D eigenvalue weighted by atomic mass is 10.1. The molecule has 0 bridgehead atoms. The summed E-state index contributed by atoms with van der Waals surface area (Å²) in [5.74, 6) is 0.265. The third-order valence-electron chi connectivity index (χ3n) is 3.32. The maximum Gasteiger partial charge on any atom is 0.300 e. The molecule has 0 aliphatic heterocycles. The van der Waals surface area contributed by atoms with Crippen LogP contribution in [0.1, 0.15) is 11.1 Å². The van der Waals surface area contributed by atoms with Gasteiger partial charge in [-0.3, -0.25) is 13.8 Å². The summed E-state index contributed by atoms with van der Waals surface area (Å²) in [5.41, 5.74) is 3.01. The van der Waals surface area contributed by atoms with E-state index in [-0.39, 0.29) is 17.0 Å². The van der Waals surface area contributed by atoms with Crippen LogP contribution in [0.5, 0.6) is 0 Å². The monoisotopic (exact) mass is 311 g/mol. The highest BCUT2D eigenvalue weighted by atomic mass is 32.2. The first kappa shape index (κ1) is 14.4. The average molecular weight is 311 g/mol. The summed E-state index contributed by atoms with van der Waals surface area (Å²) in [6, 6.07) is 7.96. The van der Waals surface area contributed by atoms with Crippen LogP contribution in [0.4, 0.5) is 0 Å². The number of nitrogens with zero attached hydrogens (tertiary/aromatic N) is 5. The zero-order valence-electron chi connectivity index (χ0n) is 12.1. The summed E-state index contributed by atoms with van der Waals surface area (Å²) in [6.45, 7) is 3.98. The number of aromatic nitrogens is 4. The van der Waals surface area contributed by atoms with E-state index in [1.165, 1.54) is 11.8 Å². The maximum atomic E-state index is 12.6. The summed E-state index contributed by atoms with van der Waals surface area (Å²) < 4.78 is 3.18. The van der Waals surface area contributed by atoms with Crippen molar-refractivity contribution in [2.24, 2.45) is 0 Å². The molecule has 0 saturated carbocycles. The van der Waals surface area contributed by atoms with Crippen molar-refractivity contribution in [2.75, 3.05) is 5.75 Å². The zero-order valence-corrected chi connectivity index (χ0v) is 13.0. The molecule has 110 valence electrons. The Morgan fingerprint density at radius 3 is 2.82 bits per heavy atom. The molecule has 2 heterocycles. The summed E-state index contributed by atoms with van der Waals surface area (Å²) in [4.78, 5) is 12.6. The number of thioether (sulfide) groups is 1. The average Bonchev–Trinajstić information content (AvgIpc) is 2.90. The van der Waals surface area contributed by atoms with Gasteiger partial charge in [0.1, 0.15) is 0 Å². The molecule has 22 heavy (non-hydrogen) atoms. The lowest BCUT2D eigenvalue weighted by Crippen LogP contribution is -2.21. The first-order valence-corrected chi connectivity index (χ1v) is 7.64. The van der Waals surface area contributed by atoms with Crippen molar-refractivity contribution in [3.8, 4) is 11.8 Å². The molecule has 3 rings (SSSR count). The van der Waals surface area contributed by atoms with Gasteiger partial charge in [-0.15, -0.1) is 10.2 Å². The van der Waals surface area contributed by atoms with Gasteiger partial charge in [0.15, 0.2) is 5.16 Å². The number of fused-ring (bicyclic) bond motifs is 1. The molecule has 0 N–H and O–H groups in total. The molecule has 1 aromatic carbocycles. The van der Waals surface area contributed by atoms with Crippen molar-refractivity contribution in [1.29, 1.82) is 5.26 Å². The molecule has 2 aromatic heterocycles. The zero-order chi connectivity index (χ0) is 15.7. The van der Waals surface area contributed by atoms with Crippen molar-refractivity contribution in [3.63, 3.8) is 0 Å². The molecule has 0 aliphatic carbocycles. The molecule has 0 aliphatic rings. The number of aryl methyl sites for hydroxylation is 2. The van der Waals surface area contributed by atoms with Crippen LogP contribution in [-0.2, 0) is 0 Å². The van der Waals surface area contributed by atoms with E-state index in [1.54, 1.807) is 21.4 Å². The van der Waals surface area contributed by atoms with Crippen LogP contribution in [0.15, 0.2) is 40.5 Å². The van der Waals surface area contributed by atoms with Crippen molar-refractivity contribution in [1.82, 2.24) is 19.2 Å². The van der Waals surface area contributed by atoms with Crippen LogP contribution < -0.4 is 5.56 Å². The van der Waals surface area contributed by atoms with Gasteiger partial charge >= 0.3 is 5.56 Å². The summed E-state index contributed by atoms with van der Waals surface area (Å²) in [5, 5.41) is 17.1. The second-order valence-electron chi connectivity index (χ2n) is 4.89. The molecule has 0 saturated heterocycles. The van der Waals surface area contributed by atoms with E-state index in [2.05, 4.69) is 10.2 Å². The van der Waals surface area contributed by atoms with E-state index in [9.17, 15) is 4.79 Å². The number of nitriles is 1. The Bertz CT molecular complexity index is 951. The topological polar surface area (TPSA) is 76.0 Å². The van der Waals surface area contributed by atoms with E-state index >= 15 is 0 Å². The lowest BCUT2D eigenvalue weighted by molar-refractivity contribution is 0.891. The molecule has 0 fully saturated rings. The van der Waals surface area contributed by atoms with Crippen molar-refractivity contribution >= 4 is 17.4 Å². The van der Waals surface area contributed by atoms with Crippen LogP contribution in [0.3, 0.4) is 0 Å². The first-order valence-electron chi connectivity index (χ1n) is 6.65. The molecule has 0 radical (unpaired) electrons. The van der Waals surface area contributed by atoms with Gasteiger partial charge in [-0.25, -0.2) is 0 Å². The van der Waals surface area contributed by atoms with Gasteiger partial charge in [0.2, 0.25) is 5.65 Å². The van der Waals surface area contributed by atoms with E-state index in [1.807, 2.05) is 38.1 Å².